The van der Waals surface area contributed by atoms with E-state index in [0.29, 0.717) is 16.4 Å². The molecule has 5 nitrogen and oxygen atoms in total. The van der Waals surface area contributed by atoms with Crippen molar-refractivity contribution < 1.29 is 5.11 Å². The Bertz CT molecular complexity index is 301. The van der Waals surface area contributed by atoms with Crippen molar-refractivity contribution in [3.63, 3.8) is 0 Å². The molecule has 1 rings (SSSR count). The maximum Gasteiger partial charge on any atom is 0.225 e. The Hall–Kier alpha value is -0.880. The van der Waals surface area contributed by atoms with Gasteiger partial charge in [-0.1, -0.05) is 0 Å². The lowest BCUT2D eigenvalue weighted by Crippen LogP contribution is -2.17. The molecular formula is C9H15BrN4O. The molecule has 0 spiro atoms. The first-order chi connectivity index (χ1) is 7.11. The van der Waals surface area contributed by atoms with Crippen LogP contribution in [0.2, 0.25) is 0 Å². The molecule has 84 valence electrons. The second kappa shape index (κ2) is 5.87. The van der Waals surface area contributed by atoms with Gasteiger partial charge >= 0.3 is 0 Å². The smallest absolute Gasteiger partial charge is 0.225 e. The molecule has 0 aliphatic carbocycles. The standard InChI is InChI=1S/C9H15BrN4O/c1-6(3-2-4-15)12-9-13-7(10)5-8(11)14-9/h5-6,15H,2-4H2,1H3,(H3,11,12,13,14). The van der Waals surface area contributed by atoms with Crippen molar-refractivity contribution in [2.75, 3.05) is 17.7 Å². The number of nitrogens with zero attached hydrogens (tertiary/aromatic N) is 2. The summed E-state index contributed by atoms with van der Waals surface area (Å²) in [7, 11) is 0. The summed E-state index contributed by atoms with van der Waals surface area (Å²) >= 11 is 3.24. The van der Waals surface area contributed by atoms with Gasteiger partial charge in [-0.05, 0) is 35.7 Å². The molecule has 0 saturated carbocycles. The van der Waals surface area contributed by atoms with Gasteiger partial charge in [0.15, 0.2) is 0 Å². The summed E-state index contributed by atoms with van der Waals surface area (Å²) in [5.74, 6) is 0.932. The Morgan fingerprint density at radius 1 is 1.60 bits per heavy atom. The lowest BCUT2D eigenvalue weighted by molar-refractivity contribution is 0.282. The second-order valence-corrected chi connectivity index (χ2v) is 4.16. The molecule has 1 unspecified atom stereocenters. The van der Waals surface area contributed by atoms with Crippen molar-refractivity contribution in [2.24, 2.45) is 0 Å². The highest BCUT2D eigenvalue weighted by Gasteiger charge is 2.05. The van der Waals surface area contributed by atoms with E-state index in [9.17, 15) is 0 Å². The summed E-state index contributed by atoms with van der Waals surface area (Å²) in [6.07, 6.45) is 1.63. The van der Waals surface area contributed by atoms with Crippen LogP contribution in [0, 0.1) is 0 Å². The highest BCUT2D eigenvalue weighted by Crippen LogP contribution is 2.13. The molecule has 1 heterocycles. The van der Waals surface area contributed by atoms with Crippen LogP contribution in [0.3, 0.4) is 0 Å². The van der Waals surface area contributed by atoms with Crippen LogP contribution in [-0.2, 0) is 0 Å². The molecule has 0 bridgehead atoms. The van der Waals surface area contributed by atoms with Crippen LogP contribution < -0.4 is 11.1 Å². The second-order valence-electron chi connectivity index (χ2n) is 3.35. The zero-order valence-corrected chi connectivity index (χ0v) is 10.2. The van der Waals surface area contributed by atoms with E-state index in [-0.39, 0.29) is 12.6 Å². The third-order valence-corrected chi connectivity index (χ3v) is 2.29. The lowest BCUT2D eigenvalue weighted by atomic mass is 10.2. The van der Waals surface area contributed by atoms with Crippen molar-refractivity contribution in [1.82, 2.24) is 9.97 Å². The molecule has 0 aliphatic rings. The first-order valence-electron chi connectivity index (χ1n) is 4.79. The number of halogens is 1. The highest BCUT2D eigenvalue weighted by molar-refractivity contribution is 9.10. The molecule has 6 heteroatoms. The van der Waals surface area contributed by atoms with E-state index in [1.807, 2.05) is 6.92 Å². The molecule has 4 N–H and O–H groups in total. The fourth-order valence-electron chi connectivity index (χ4n) is 1.19. The number of hydrogen-bond acceptors (Lipinski definition) is 5. The van der Waals surface area contributed by atoms with Gasteiger partial charge in [-0.15, -0.1) is 0 Å². The molecular weight excluding hydrogens is 260 g/mol. The lowest BCUT2D eigenvalue weighted by Gasteiger charge is -2.13. The van der Waals surface area contributed by atoms with E-state index >= 15 is 0 Å². The van der Waals surface area contributed by atoms with Gasteiger partial charge in [0.05, 0.1) is 0 Å². The first kappa shape index (κ1) is 12.2. The van der Waals surface area contributed by atoms with Gasteiger partial charge in [0.2, 0.25) is 5.95 Å². The summed E-state index contributed by atoms with van der Waals surface area (Å²) in [6, 6.07) is 1.86. The Balaban J connectivity index is 2.56. The number of aliphatic hydroxyl groups is 1. The normalized spacial score (nSPS) is 12.5. The van der Waals surface area contributed by atoms with Gasteiger partial charge < -0.3 is 16.2 Å². The minimum atomic E-state index is 0.202. The van der Waals surface area contributed by atoms with Crippen LogP contribution in [0.4, 0.5) is 11.8 Å². The summed E-state index contributed by atoms with van der Waals surface area (Å²) in [6.45, 7) is 2.21. The van der Waals surface area contributed by atoms with Crippen molar-refractivity contribution in [3.05, 3.63) is 10.7 Å². The van der Waals surface area contributed by atoms with E-state index in [2.05, 4.69) is 31.2 Å². The van der Waals surface area contributed by atoms with Crippen molar-refractivity contribution in [3.8, 4) is 0 Å². The van der Waals surface area contributed by atoms with Crippen LogP contribution >= 0.6 is 15.9 Å². The predicted molar refractivity (Wildman–Crippen MR) is 63.5 cm³/mol. The zero-order chi connectivity index (χ0) is 11.3. The number of aromatic nitrogens is 2. The molecule has 15 heavy (non-hydrogen) atoms. The summed E-state index contributed by atoms with van der Waals surface area (Å²) < 4.78 is 0.659. The van der Waals surface area contributed by atoms with Crippen molar-refractivity contribution in [1.29, 1.82) is 0 Å². The average molecular weight is 275 g/mol. The molecule has 0 aliphatic heterocycles. The zero-order valence-electron chi connectivity index (χ0n) is 8.57. The highest BCUT2D eigenvalue weighted by atomic mass is 79.9. The number of nitrogen functional groups attached to an aromatic ring is 1. The molecule has 0 aromatic carbocycles. The minimum absolute atomic E-state index is 0.202. The molecule has 0 saturated heterocycles. The summed E-state index contributed by atoms with van der Waals surface area (Å²) in [5.41, 5.74) is 5.57. The number of anilines is 2. The Kier molecular flexibility index (Phi) is 4.77. The number of hydrogen-bond donors (Lipinski definition) is 3. The third-order valence-electron chi connectivity index (χ3n) is 1.89. The SMILES string of the molecule is CC(CCCO)Nc1nc(N)cc(Br)n1. The number of rotatable bonds is 5. The molecule has 1 aromatic rings. The average Bonchev–Trinajstić information content (AvgIpc) is 2.13. The maximum atomic E-state index is 8.68. The Morgan fingerprint density at radius 3 is 2.93 bits per heavy atom. The van der Waals surface area contributed by atoms with Crippen LogP contribution in [0.1, 0.15) is 19.8 Å². The van der Waals surface area contributed by atoms with E-state index in [1.54, 1.807) is 6.07 Å². The largest absolute Gasteiger partial charge is 0.396 e. The van der Waals surface area contributed by atoms with Crippen molar-refractivity contribution >= 4 is 27.7 Å². The van der Waals surface area contributed by atoms with Gasteiger partial charge in [-0.25, -0.2) is 4.98 Å². The third kappa shape index (κ3) is 4.44. The van der Waals surface area contributed by atoms with Crippen LogP contribution in [-0.4, -0.2) is 27.7 Å². The van der Waals surface area contributed by atoms with Crippen LogP contribution in [0.5, 0.6) is 0 Å². The minimum Gasteiger partial charge on any atom is -0.396 e. The van der Waals surface area contributed by atoms with E-state index in [0.717, 1.165) is 12.8 Å². The van der Waals surface area contributed by atoms with Gasteiger partial charge in [0.25, 0.3) is 0 Å². The molecule has 0 fully saturated rings. The van der Waals surface area contributed by atoms with Gasteiger partial charge in [0, 0.05) is 18.7 Å². The number of nitrogens with one attached hydrogen (secondary N) is 1. The maximum absolute atomic E-state index is 8.68. The fraction of sp³-hybridized carbons (Fsp3) is 0.556. The Labute approximate surface area is 97.2 Å². The first-order valence-corrected chi connectivity index (χ1v) is 5.58. The molecule has 0 amide bonds. The van der Waals surface area contributed by atoms with Crippen LogP contribution in [0.25, 0.3) is 0 Å². The fourth-order valence-corrected chi connectivity index (χ4v) is 1.59. The number of nitrogens with two attached hydrogens (primary N) is 1. The van der Waals surface area contributed by atoms with Gasteiger partial charge in [0.1, 0.15) is 10.4 Å². The van der Waals surface area contributed by atoms with E-state index < -0.39 is 0 Å². The van der Waals surface area contributed by atoms with Crippen molar-refractivity contribution in [2.45, 2.75) is 25.8 Å². The van der Waals surface area contributed by atoms with Gasteiger partial charge in [-0.3, -0.25) is 0 Å². The summed E-state index contributed by atoms with van der Waals surface area (Å²) in [4.78, 5) is 8.18. The topological polar surface area (TPSA) is 84.1 Å². The summed E-state index contributed by atoms with van der Waals surface area (Å²) in [5, 5.41) is 11.8. The predicted octanol–water partition coefficient (Wildman–Crippen LogP) is 1.39. The van der Waals surface area contributed by atoms with E-state index in [1.165, 1.54) is 0 Å². The quantitative estimate of drug-likeness (QED) is 0.707. The Morgan fingerprint density at radius 2 is 2.33 bits per heavy atom. The molecule has 1 aromatic heterocycles. The molecule has 0 radical (unpaired) electrons. The number of aliphatic hydroxyl groups excluding tert-OH is 1. The monoisotopic (exact) mass is 274 g/mol. The van der Waals surface area contributed by atoms with E-state index in [4.69, 9.17) is 10.8 Å². The van der Waals surface area contributed by atoms with Crippen LogP contribution in [0.15, 0.2) is 10.7 Å². The molecule has 1 atom stereocenters. The van der Waals surface area contributed by atoms with Gasteiger partial charge in [-0.2, -0.15) is 4.98 Å².